The second kappa shape index (κ2) is 4.92. The molecule has 0 spiro atoms. The van der Waals surface area contributed by atoms with Crippen molar-refractivity contribution in [2.24, 2.45) is 0 Å². The van der Waals surface area contributed by atoms with Crippen molar-refractivity contribution in [3.8, 4) is 0 Å². The molecule has 0 atom stereocenters. The first-order valence-corrected chi connectivity index (χ1v) is 6.34. The highest BCUT2D eigenvalue weighted by molar-refractivity contribution is 7.90. The molecule has 0 amide bonds. The number of alkyl halides is 1. The largest absolute Gasteiger partial charge is 0.228 e. The van der Waals surface area contributed by atoms with Gasteiger partial charge in [0.05, 0.1) is 0 Å². The Kier molecular flexibility index (Phi) is 4.07. The van der Waals surface area contributed by atoms with Crippen LogP contribution >= 0.6 is 11.6 Å². The third kappa shape index (κ3) is 3.44. The average Bonchev–Trinajstić information content (AvgIpc) is 2.17. The Morgan fingerprint density at radius 1 is 1.47 bits per heavy atom. The molecule has 1 aromatic rings. The molecule has 0 bridgehead atoms. The Morgan fingerprint density at radius 2 is 2.13 bits per heavy atom. The van der Waals surface area contributed by atoms with Gasteiger partial charge in [-0.2, -0.15) is 4.31 Å². The Bertz CT molecular complexity index is 435. The lowest BCUT2D eigenvalue weighted by Gasteiger charge is -2.15. The summed E-state index contributed by atoms with van der Waals surface area (Å²) in [6.45, 7) is 0.118. The summed E-state index contributed by atoms with van der Waals surface area (Å²) in [4.78, 5) is 0. The van der Waals surface area contributed by atoms with Crippen LogP contribution in [0.15, 0.2) is 24.3 Å². The summed E-state index contributed by atoms with van der Waals surface area (Å²) in [5, 5.41) is -0.473. The molecule has 84 valence electrons. The van der Waals surface area contributed by atoms with Crippen LogP contribution in [0.2, 0.25) is 0 Å². The number of rotatable bonds is 4. The molecule has 0 aromatic heterocycles. The molecular weight excluding hydrogens is 241 g/mol. The van der Waals surface area contributed by atoms with Crippen LogP contribution in [0, 0.1) is 5.82 Å². The summed E-state index contributed by atoms with van der Waals surface area (Å²) < 4.78 is 36.5. The number of sulfonamides is 1. The van der Waals surface area contributed by atoms with Gasteiger partial charge in [0.1, 0.15) is 11.0 Å². The van der Waals surface area contributed by atoms with Crippen LogP contribution in [0.4, 0.5) is 4.39 Å². The van der Waals surface area contributed by atoms with Gasteiger partial charge < -0.3 is 0 Å². The lowest BCUT2D eigenvalue weighted by molar-refractivity contribution is 0.469. The highest BCUT2D eigenvalue weighted by atomic mass is 35.5. The fourth-order valence-corrected chi connectivity index (χ4v) is 2.09. The van der Waals surface area contributed by atoms with Crippen LogP contribution in [-0.2, 0) is 16.6 Å². The number of benzene rings is 1. The molecule has 0 aliphatic rings. The van der Waals surface area contributed by atoms with E-state index in [-0.39, 0.29) is 12.4 Å². The molecule has 1 aromatic carbocycles. The van der Waals surface area contributed by atoms with Gasteiger partial charge in [-0.15, -0.1) is 11.6 Å². The van der Waals surface area contributed by atoms with E-state index in [4.69, 9.17) is 11.6 Å². The number of hydrogen-bond acceptors (Lipinski definition) is 2. The maximum absolute atomic E-state index is 12.8. The molecule has 0 unspecified atom stereocenters. The summed E-state index contributed by atoms with van der Waals surface area (Å²) in [7, 11) is -2.03. The van der Waals surface area contributed by atoms with E-state index in [0.29, 0.717) is 5.56 Å². The van der Waals surface area contributed by atoms with Crippen molar-refractivity contribution < 1.29 is 12.8 Å². The van der Waals surface area contributed by atoms with Gasteiger partial charge in [-0.1, -0.05) is 12.1 Å². The zero-order chi connectivity index (χ0) is 11.5. The van der Waals surface area contributed by atoms with Crippen LogP contribution in [0.5, 0.6) is 0 Å². The van der Waals surface area contributed by atoms with Crippen molar-refractivity contribution in [2.75, 3.05) is 12.3 Å². The maximum Gasteiger partial charge on any atom is 0.228 e. The standard InChI is InChI=1S/C9H11ClFNO2S/c1-12(15(13,14)7-10)6-8-3-2-4-9(11)5-8/h2-5H,6-7H2,1H3. The first-order valence-electron chi connectivity index (χ1n) is 4.20. The topological polar surface area (TPSA) is 37.4 Å². The Balaban J connectivity index is 2.79. The van der Waals surface area contributed by atoms with E-state index in [1.807, 2.05) is 0 Å². The third-order valence-corrected chi connectivity index (χ3v) is 4.09. The molecule has 0 aliphatic heterocycles. The molecule has 0 fully saturated rings. The van der Waals surface area contributed by atoms with Gasteiger partial charge in [-0.25, -0.2) is 12.8 Å². The van der Waals surface area contributed by atoms with Gasteiger partial charge >= 0.3 is 0 Å². The normalized spacial score (nSPS) is 12.0. The second-order valence-electron chi connectivity index (χ2n) is 3.11. The van der Waals surface area contributed by atoms with Crippen molar-refractivity contribution in [3.05, 3.63) is 35.6 Å². The van der Waals surface area contributed by atoms with E-state index >= 15 is 0 Å². The molecule has 3 nitrogen and oxygen atoms in total. The molecule has 1 rings (SSSR count). The molecule has 15 heavy (non-hydrogen) atoms. The third-order valence-electron chi connectivity index (χ3n) is 1.91. The minimum absolute atomic E-state index is 0.118. The van der Waals surface area contributed by atoms with Gasteiger partial charge in [0.2, 0.25) is 10.0 Å². The van der Waals surface area contributed by atoms with Crippen molar-refractivity contribution in [1.82, 2.24) is 4.31 Å². The van der Waals surface area contributed by atoms with Gasteiger partial charge in [-0.3, -0.25) is 0 Å². The van der Waals surface area contributed by atoms with Crippen molar-refractivity contribution >= 4 is 21.6 Å². The van der Waals surface area contributed by atoms with Crippen LogP contribution in [-0.4, -0.2) is 25.0 Å². The second-order valence-corrected chi connectivity index (χ2v) is 5.77. The van der Waals surface area contributed by atoms with Crippen LogP contribution in [0.1, 0.15) is 5.56 Å². The lowest BCUT2D eigenvalue weighted by atomic mass is 10.2. The average molecular weight is 252 g/mol. The molecule has 0 saturated heterocycles. The Labute approximate surface area is 93.5 Å². The van der Waals surface area contributed by atoms with E-state index in [2.05, 4.69) is 0 Å². The number of hydrogen-bond donors (Lipinski definition) is 0. The van der Waals surface area contributed by atoms with Gasteiger partial charge in [0, 0.05) is 13.6 Å². The van der Waals surface area contributed by atoms with E-state index in [9.17, 15) is 12.8 Å². The smallest absolute Gasteiger partial charge is 0.211 e. The van der Waals surface area contributed by atoms with Crippen LogP contribution in [0.25, 0.3) is 0 Å². The first kappa shape index (κ1) is 12.4. The SMILES string of the molecule is CN(Cc1cccc(F)c1)S(=O)(=O)CCl. The summed E-state index contributed by atoms with van der Waals surface area (Å²) >= 11 is 5.28. The first-order chi connectivity index (χ1) is 6.95. The monoisotopic (exact) mass is 251 g/mol. The van der Waals surface area contributed by atoms with Gasteiger partial charge in [-0.05, 0) is 17.7 Å². The molecular formula is C9H11ClFNO2S. The van der Waals surface area contributed by atoms with E-state index in [0.717, 1.165) is 4.31 Å². The quantitative estimate of drug-likeness (QED) is 0.765. The molecule has 0 aliphatic carbocycles. The van der Waals surface area contributed by atoms with E-state index < -0.39 is 15.2 Å². The highest BCUT2D eigenvalue weighted by Gasteiger charge is 2.16. The van der Waals surface area contributed by atoms with Gasteiger partial charge in [0.25, 0.3) is 0 Å². The summed E-state index contributed by atoms with van der Waals surface area (Å²) in [6, 6.07) is 5.79. The van der Waals surface area contributed by atoms with Gasteiger partial charge in [0.15, 0.2) is 0 Å². The highest BCUT2D eigenvalue weighted by Crippen LogP contribution is 2.09. The fraction of sp³-hybridized carbons (Fsp3) is 0.333. The Hall–Kier alpha value is -0.650. The summed E-state index contributed by atoms with van der Waals surface area (Å²) in [5.74, 6) is -0.385. The minimum Gasteiger partial charge on any atom is -0.211 e. The fourth-order valence-electron chi connectivity index (χ4n) is 1.07. The predicted octanol–water partition coefficient (Wildman–Crippen LogP) is 1.78. The summed E-state index contributed by atoms with van der Waals surface area (Å²) in [5.41, 5.74) is 0.589. The number of nitrogens with zero attached hydrogens (tertiary/aromatic N) is 1. The molecule has 0 heterocycles. The van der Waals surface area contributed by atoms with Crippen molar-refractivity contribution in [2.45, 2.75) is 6.54 Å². The van der Waals surface area contributed by atoms with Crippen LogP contribution < -0.4 is 0 Å². The maximum atomic E-state index is 12.8. The van der Waals surface area contributed by atoms with Crippen molar-refractivity contribution in [3.63, 3.8) is 0 Å². The van der Waals surface area contributed by atoms with E-state index in [1.165, 1.54) is 25.2 Å². The molecule has 6 heteroatoms. The minimum atomic E-state index is -3.43. The molecule has 0 N–H and O–H groups in total. The zero-order valence-corrected chi connectivity index (χ0v) is 9.72. The predicted molar refractivity (Wildman–Crippen MR) is 57.5 cm³/mol. The van der Waals surface area contributed by atoms with E-state index in [1.54, 1.807) is 6.07 Å². The van der Waals surface area contributed by atoms with Crippen molar-refractivity contribution in [1.29, 1.82) is 0 Å². The Morgan fingerprint density at radius 3 is 2.67 bits per heavy atom. The zero-order valence-electron chi connectivity index (χ0n) is 8.15. The lowest BCUT2D eigenvalue weighted by Crippen LogP contribution is -2.27. The molecule has 0 saturated carbocycles. The summed E-state index contributed by atoms with van der Waals surface area (Å²) in [6.07, 6.45) is 0. The number of halogens is 2. The molecule has 0 radical (unpaired) electrons. The van der Waals surface area contributed by atoms with Crippen LogP contribution in [0.3, 0.4) is 0 Å².